The zero-order valence-corrected chi connectivity index (χ0v) is 9.28. The Hall–Kier alpha value is -0.745. The molecule has 0 bridgehead atoms. The molecule has 0 saturated heterocycles. The minimum absolute atomic E-state index is 0. The molecule has 0 fully saturated rings. The summed E-state index contributed by atoms with van der Waals surface area (Å²) in [5, 5.41) is 17.6. The molecule has 0 saturated carbocycles. The third-order valence-corrected chi connectivity index (χ3v) is 2.01. The number of halogens is 1. The Kier molecular flexibility index (Phi) is 6.35. The molecule has 1 atom stereocenters. The predicted octanol–water partition coefficient (Wildman–Crippen LogP) is -0.00120. The Bertz CT molecular complexity index is 281. The highest BCUT2D eigenvalue weighted by molar-refractivity contribution is 6.43. The average Bonchev–Trinajstić information content (AvgIpc) is 2.19. The van der Waals surface area contributed by atoms with Gasteiger partial charge < -0.3 is 20.5 Å². The molecule has 0 heterocycles. The van der Waals surface area contributed by atoms with E-state index in [1.54, 1.807) is 7.11 Å². The van der Waals surface area contributed by atoms with Crippen molar-refractivity contribution >= 4 is 19.5 Å². The van der Waals surface area contributed by atoms with Crippen LogP contribution < -0.4 is 10.5 Å². The van der Waals surface area contributed by atoms with Crippen molar-refractivity contribution in [2.45, 2.75) is 12.4 Å². The summed E-state index contributed by atoms with van der Waals surface area (Å²) in [6, 6.07) is 7.32. The van der Waals surface area contributed by atoms with Crippen LogP contribution in [0.2, 0.25) is 0 Å². The summed E-state index contributed by atoms with van der Waals surface area (Å²) in [6.07, 6.45) is 0.432. The van der Waals surface area contributed by atoms with Crippen LogP contribution >= 0.6 is 12.4 Å². The number of hydrogen-bond acceptors (Lipinski definition) is 4. The molecule has 0 aliphatic carbocycles. The van der Waals surface area contributed by atoms with Gasteiger partial charge >= 0.3 is 7.12 Å². The highest BCUT2D eigenvalue weighted by Gasteiger charge is 2.18. The van der Waals surface area contributed by atoms with Crippen LogP contribution in [0, 0.1) is 0 Å². The van der Waals surface area contributed by atoms with Gasteiger partial charge in [-0.25, -0.2) is 0 Å². The van der Waals surface area contributed by atoms with Gasteiger partial charge in [0.15, 0.2) is 0 Å². The van der Waals surface area contributed by atoms with E-state index in [4.69, 9.17) is 20.5 Å². The van der Waals surface area contributed by atoms with E-state index in [0.29, 0.717) is 6.42 Å². The van der Waals surface area contributed by atoms with Crippen LogP contribution in [-0.4, -0.2) is 30.2 Å². The predicted molar refractivity (Wildman–Crippen MR) is 62.1 cm³/mol. The van der Waals surface area contributed by atoms with Gasteiger partial charge in [0, 0.05) is 5.94 Å². The van der Waals surface area contributed by atoms with Gasteiger partial charge in [0.1, 0.15) is 5.75 Å². The molecule has 0 aliphatic heterocycles. The maximum absolute atomic E-state index is 8.79. The zero-order chi connectivity index (χ0) is 10.6. The lowest BCUT2D eigenvalue weighted by Gasteiger charge is -2.10. The molecule has 4 nitrogen and oxygen atoms in total. The monoisotopic (exact) mass is 231 g/mol. The van der Waals surface area contributed by atoms with Gasteiger partial charge in [-0.3, -0.25) is 0 Å². The van der Waals surface area contributed by atoms with E-state index >= 15 is 0 Å². The Morgan fingerprint density at radius 1 is 1.33 bits per heavy atom. The summed E-state index contributed by atoms with van der Waals surface area (Å²) in [5.41, 5.74) is 6.44. The molecule has 1 rings (SSSR count). The maximum atomic E-state index is 8.79. The smallest absolute Gasteiger partial charge is 0.469 e. The third-order valence-electron chi connectivity index (χ3n) is 2.01. The molecule has 84 valence electrons. The van der Waals surface area contributed by atoms with E-state index in [-0.39, 0.29) is 12.4 Å². The fourth-order valence-electron chi connectivity index (χ4n) is 1.14. The molecule has 4 N–H and O–H groups in total. The van der Waals surface area contributed by atoms with Gasteiger partial charge in [-0.2, -0.15) is 0 Å². The second-order valence-electron chi connectivity index (χ2n) is 3.13. The van der Waals surface area contributed by atoms with Gasteiger partial charge in [-0.1, -0.05) is 12.1 Å². The molecule has 0 amide bonds. The van der Waals surface area contributed by atoms with Crippen molar-refractivity contribution in [3.63, 3.8) is 0 Å². The highest BCUT2D eigenvalue weighted by atomic mass is 35.5. The van der Waals surface area contributed by atoms with E-state index in [1.807, 2.05) is 24.3 Å². The summed E-state index contributed by atoms with van der Waals surface area (Å²) >= 11 is 0. The Morgan fingerprint density at radius 3 is 2.27 bits per heavy atom. The average molecular weight is 231 g/mol. The van der Waals surface area contributed by atoms with Gasteiger partial charge in [0.25, 0.3) is 0 Å². The van der Waals surface area contributed by atoms with Crippen molar-refractivity contribution in [2.24, 2.45) is 5.73 Å². The summed E-state index contributed by atoms with van der Waals surface area (Å²) in [4.78, 5) is 0. The van der Waals surface area contributed by atoms with E-state index < -0.39 is 13.1 Å². The molecule has 1 aromatic rings. The molecular weight excluding hydrogens is 216 g/mol. The molecule has 0 spiro atoms. The molecule has 0 aromatic heterocycles. The summed E-state index contributed by atoms with van der Waals surface area (Å²) in [6.45, 7) is 0. The second kappa shape index (κ2) is 6.69. The first-order valence-corrected chi connectivity index (χ1v) is 4.38. The van der Waals surface area contributed by atoms with Gasteiger partial charge in [-0.15, -0.1) is 12.4 Å². The number of methoxy groups -OCH3 is 1. The number of rotatable bonds is 4. The summed E-state index contributed by atoms with van der Waals surface area (Å²) in [7, 11) is 0.121. The van der Waals surface area contributed by atoms with Crippen molar-refractivity contribution in [3.05, 3.63) is 29.8 Å². The van der Waals surface area contributed by atoms with E-state index in [1.165, 1.54) is 0 Å². The molecular formula is C9H15BClNO3. The van der Waals surface area contributed by atoms with Crippen LogP contribution in [0.5, 0.6) is 5.75 Å². The number of ether oxygens (including phenoxy) is 1. The van der Waals surface area contributed by atoms with Gasteiger partial charge in [-0.05, 0) is 24.1 Å². The Morgan fingerprint density at radius 2 is 1.87 bits per heavy atom. The molecule has 6 heteroatoms. The molecule has 15 heavy (non-hydrogen) atoms. The Labute approximate surface area is 95.6 Å². The normalized spacial score (nSPS) is 11.5. The van der Waals surface area contributed by atoms with Crippen molar-refractivity contribution in [3.8, 4) is 5.75 Å². The molecule has 0 radical (unpaired) electrons. The van der Waals surface area contributed by atoms with Crippen LogP contribution in [0.1, 0.15) is 5.56 Å². The largest absolute Gasteiger partial charge is 0.497 e. The number of nitrogens with two attached hydrogens (primary N) is 1. The van der Waals surface area contributed by atoms with Crippen molar-refractivity contribution in [2.75, 3.05) is 7.11 Å². The highest BCUT2D eigenvalue weighted by Crippen LogP contribution is 2.12. The fourth-order valence-corrected chi connectivity index (χ4v) is 1.14. The lowest BCUT2D eigenvalue weighted by Crippen LogP contribution is -2.40. The van der Waals surface area contributed by atoms with Crippen LogP contribution in [0.3, 0.4) is 0 Å². The first-order chi connectivity index (χ1) is 6.63. The SMILES string of the molecule is COc1ccc(C[C@H](N)B(O)O)cc1.Cl. The van der Waals surface area contributed by atoms with E-state index in [0.717, 1.165) is 11.3 Å². The first kappa shape index (κ1) is 14.3. The zero-order valence-electron chi connectivity index (χ0n) is 8.46. The lowest BCUT2D eigenvalue weighted by atomic mass is 9.77. The van der Waals surface area contributed by atoms with E-state index in [2.05, 4.69) is 0 Å². The molecule has 0 aliphatic rings. The van der Waals surface area contributed by atoms with Crippen molar-refractivity contribution in [1.82, 2.24) is 0 Å². The van der Waals surface area contributed by atoms with Crippen molar-refractivity contribution in [1.29, 1.82) is 0 Å². The van der Waals surface area contributed by atoms with Crippen LogP contribution in [0.25, 0.3) is 0 Å². The van der Waals surface area contributed by atoms with Gasteiger partial charge in [0.2, 0.25) is 0 Å². The molecule has 1 aromatic carbocycles. The van der Waals surface area contributed by atoms with Crippen molar-refractivity contribution < 1.29 is 14.8 Å². The number of hydrogen-bond donors (Lipinski definition) is 3. The lowest BCUT2D eigenvalue weighted by molar-refractivity contribution is 0.386. The first-order valence-electron chi connectivity index (χ1n) is 4.38. The number of benzene rings is 1. The minimum atomic E-state index is -1.47. The van der Waals surface area contributed by atoms with Crippen LogP contribution in [0.15, 0.2) is 24.3 Å². The maximum Gasteiger partial charge on any atom is 0.469 e. The third kappa shape index (κ3) is 4.53. The Balaban J connectivity index is 0.00000196. The fraction of sp³-hybridized carbons (Fsp3) is 0.333. The van der Waals surface area contributed by atoms with Gasteiger partial charge in [0.05, 0.1) is 7.11 Å². The topological polar surface area (TPSA) is 75.7 Å². The quantitative estimate of drug-likeness (QED) is 0.638. The minimum Gasteiger partial charge on any atom is -0.497 e. The summed E-state index contributed by atoms with van der Waals surface area (Å²) < 4.78 is 4.99. The van der Waals surface area contributed by atoms with E-state index in [9.17, 15) is 0 Å². The second-order valence-corrected chi connectivity index (χ2v) is 3.13. The summed E-state index contributed by atoms with van der Waals surface area (Å²) in [5.74, 6) is 0.121. The van der Waals surface area contributed by atoms with Crippen LogP contribution in [0.4, 0.5) is 0 Å². The molecule has 0 unspecified atom stereocenters. The van der Waals surface area contributed by atoms with Crippen LogP contribution in [-0.2, 0) is 6.42 Å². The standard InChI is InChI=1S/C9H14BNO3.ClH/c1-14-8-4-2-7(3-5-8)6-9(11)10(12)13;/h2-5,9,12-13H,6,11H2,1H3;1H/t9-;/m0./s1.